The molecule has 23 heavy (non-hydrogen) atoms. The third-order valence-electron chi connectivity index (χ3n) is 4.89. The molecule has 0 saturated heterocycles. The molecule has 0 heterocycles. The standard InChI is InChI=1S/C20H26N2O/c1-15(21-18-10-4-2-3-5-11-18)20(23)22-19-13-12-16-8-6-7-9-17(16)14-19/h6-9,12-15,18,21H,2-5,10-11H2,1H3,(H,22,23)/p+1/t15-/m0/s1. The molecule has 1 amide bonds. The van der Waals surface area contributed by atoms with E-state index in [1.807, 2.05) is 31.2 Å². The van der Waals surface area contributed by atoms with Crippen molar-refractivity contribution in [3.8, 4) is 0 Å². The van der Waals surface area contributed by atoms with E-state index in [0.717, 1.165) is 11.1 Å². The van der Waals surface area contributed by atoms with E-state index in [1.165, 1.54) is 43.9 Å². The molecule has 3 N–H and O–H groups in total. The molecule has 0 aromatic heterocycles. The Kier molecular flexibility index (Phi) is 5.29. The molecule has 2 aromatic rings. The summed E-state index contributed by atoms with van der Waals surface area (Å²) in [6.45, 7) is 2.02. The van der Waals surface area contributed by atoms with Crippen LogP contribution in [0.2, 0.25) is 0 Å². The fraction of sp³-hybridized carbons (Fsp3) is 0.450. The highest BCUT2D eigenvalue weighted by molar-refractivity contribution is 5.96. The van der Waals surface area contributed by atoms with Crippen molar-refractivity contribution in [1.29, 1.82) is 0 Å². The molecule has 1 aliphatic rings. The lowest BCUT2D eigenvalue weighted by Gasteiger charge is -2.18. The number of carbonyl (C=O) groups excluding carboxylic acids is 1. The van der Waals surface area contributed by atoms with Crippen LogP contribution in [0, 0.1) is 0 Å². The van der Waals surface area contributed by atoms with Gasteiger partial charge in [0.05, 0.1) is 6.04 Å². The fourth-order valence-electron chi connectivity index (χ4n) is 3.52. The van der Waals surface area contributed by atoms with Crippen molar-refractivity contribution in [2.45, 2.75) is 57.5 Å². The van der Waals surface area contributed by atoms with E-state index in [0.29, 0.717) is 6.04 Å². The number of carbonyl (C=O) groups is 1. The van der Waals surface area contributed by atoms with Crippen LogP contribution in [-0.2, 0) is 4.79 Å². The Bertz CT molecular complexity index is 659. The van der Waals surface area contributed by atoms with Crippen molar-refractivity contribution in [2.75, 3.05) is 5.32 Å². The molecule has 3 rings (SSSR count). The summed E-state index contributed by atoms with van der Waals surface area (Å²) >= 11 is 0. The summed E-state index contributed by atoms with van der Waals surface area (Å²) in [6.07, 6.45) is 7.80. The first kappa shape index (κ1) is 16.0. The normalized spacial score (nSPS) is 17.6. The minimum Gasteiger partial charge on any atom is -0.334 e. The molecule has 1 atom stereocenters. The lowest BCUT2D eigenvalue weighted by atomic mass is 10.1. The lowest BCUT2D eigenvalue weighted by Crippen LogP contribution is -2.96. The molecule has 1 saturated carbocycles. The summed E-state index contributed by atoms with van der Waals surface area (Å²) in [5, 5.41) is 7.69. The molecular formula is C20H27N2O+. The van der Waals surface area contributed by atoms with E-state index in [4.69, 9.17) is 0 Å². The van der Waals surface area contributed by atoms with Crippen molar-refractivity contribution in [2.24, 2.45) is 0 Å². The maximum atomic E-state index is 12.5. The molecule has 0 unspecified atom stereocenters. The highest BCUT2D eigenvalue weighted by Crippen LogP contribution is 2.19. The number of fused-ring (bicyclic) bond motifs is 1. The average Bonchev–Trinajstić information content (AvgIpc) is 2.83. The molecule has 1 aliphatic carbocycles. The van der Waals surface area contributed by atoms with Crippen LogP contribution in [0.4, 0.5) is 5.69 Å². The average molecular weight is 311 g/mol. The number of benzene rings is 2. The monoisotopic (exact) mass is 311 g/mol. The van der Waals surface area contributed by atoms with Crippen LogP contribution in [0.1, 0.15) is 45.4 Å². The quantitative estimate of drug-likeness (QED) is 0.835. The van der Waals surface area contributed by atoms with Crippen molar-refractivity contribution >= 4 is 22.4 Å². The van der Waals surface area contributed by atoms with Crippen molar-refractivity contribution in [1.82, 2.24) is 0 Å². The van der Waals surface area contributed by atoms with Gasteiger partial charge in [0.2, 0.25) is 0 Å². The van der Waals surface area contributed by atoms with Gasteiger partial charge in [-0.05, 0) is 55.5 Å². The first-order chi connectivity index (χ1) is 11.2. The first-order valence-electron chi connectivity index (χ1n) is 8.87. The molecule has 3 nitrogen and oxygen atoms in total. The van der Waals surface area contributed by atoms with Crippen LogP contribution < -0.4 is 10.6 Å². The highest BCUT2D eigenvalue weighted by Gasteiger charge is 2.22. The summed E-state index contributed by atoms with van der Waals surface area (Å²) < 4.78 is 0. The Balaban J connectivity index is 1.60. The van der Waals surface area contributed by atoms with Gasteiger partial charge in [-0.15, -0.1) is 0 Å². The van der Waals surface area contributed by atoms with E-state index in [1.54, 1.807) is 0 Å². The summed E-state index contributed by atoms with van der Waals surface area (Å²) in [6, 6.07) is 14.9. The van der Waals surface area contributed by atoms with Crippen LogP contribution in [0.25, 0.3) is 10.8 Å². The van der Waals surface area contributed by atoms with E-state index < -0.39 is 0 Å². The van der Waals surface area contributed by atoms with E-state index in [-0.39, 0.29) is 11.9 Å². The molecule has 1 fully saturated rings. The number of amides is 1. The number of hydrogen-bond acceptors (Lipinski definition) is 1. The minimum atomic E-state index is -0.0374. The van der Waals surface area contributed by atoms with E-state index in [2.05, 4.69) is 28.8 Å². The third kappa shape index (κ3) is 4.32. The predicted octanol–water partition coefficient (Wildman–Crippen LogP) is 3.45. The number of hydrogen-bond donors (Lipinski definition) is 2. The van der Waals surface area contributed by atoms with Gasteiger partial charge in [0, 0.05) is 5.69 Å². The molecule has 0 spiro atoms. The van der Waals surface area contributed by atoms with Crippen LogP contribution in [0.3, 0.4) is 0 Å². The van der Waals surface area contributed by atoms with E-state index >= 15 is 0 Å². The Hall–Kier alpha value is -1.87. The summed E-state index contributed by atoms with van der Waals surface area (Å²) in [7, 11) is 0. The van der Waals surface area contributed by atoms with Crippen molar-refractivity contribution < 1.29 is 10.1 Å². The molecule has 0 aliphatic heterocycles. The molecule has 3 heteroatoms. The topological polar surface area (TPSA) is 45.7 Å². The lowest BCUT2D eigenvalue weighted by molar-refractivity contribution is -0.707. The maximum absolute atomic E-state index is 12.5. The minimum absolute atomic E-state index is 0.0374. The van der Waals surface area contributed by atoms with Crippen LogP contribution in [0.5, 0.6) is 0 Å². The molecule has 2 aromatic carbocycles. The zero-order valence-corrected chi connectivity index (χ0v) is 13.9. The Labute approximate surface area is 138 Å². The largest absolute Gasteiger partial charge is 0.334 e. The smallest absolute Gasteiger partial charge is 0.282 e. The molecular weight excluding hydrogens is 284 g/mol. The van der Waals surface area contributed by atoms with Gasteiger partial charge in [0.1, 0.15) is 0 Å². The second-order valence-electron chi connectivity index (χ2n) is 6.78. The second kappa shape index (κ2) is 7.60. The predicted molar refractivity (Wildman–Crippen MR) is 95.5 cm³/mol. The Morgan fingerprint density at radius 2 is 1.74 bits per heavy atom. The molecule has 122 valence electrons. The van der Waals surface area contributed by atoms with Gasteiger partial charge in [0.15, 0.2) is 6.04 Å². The summed E-state index contributed by atoms with van der Waals surface area (Å²) in [5.41, 5.74) is 0.884. The van der Waals surface area contributed by atoms with E-state index in [9.17, 15) is 4.79 Å². The summed E-state index contributed by atoms with van der Waals surface area (Å²) in [5.74, 6) is 0.101. The van der Waals surface area contributed by atoms with Gasteiger partial charge in [-0.3, -0.25) is 4.79 Å². The van der Waals surface area contributed by atoms with Crippen LogP contribution >= 0.6 is 0 Å². The zero-order valence-electron chi connectivity index (χ0n) is 13.9. The number of nitrogens with one attached hydrogen (secondary N) is 1. The van der Waals surface area contributed by atoms with Crippen LogP contribution in [0.15, 0.2) is 42.5 Å². The Morgan fingerprint density at radius 3 is 2.48 bits per heavy atom. The SMILES string of the molecule is C[C@H]([NH2+]C1CCCCCC1)C(=O)Nc1ccc2ccccc2c1. The number of nitrogens with two attached hydrogens (primary N) is 1. The second-order valence-corrected chi connectivity index (χ2v) is 6.78. The zero-order chi connectivity index (χ0) is 16.1. The Morgan fingerprint density at radius 1 is 1.04 bits per heavy atom. The number of anilines is 1. The maximum Gasteiger partial charge on any atom is 0.282 e. The molecule has 0 bridgehead atoms. The van der Waals surface area contributed by atoms with Crippen LogP contribution in [-0.4, -0.2) is 18.0 Å². The van der Waals surface area contributed by atoms with Gasteiger partial charge in [-0.1, -0.05) is 43.2 Å². The third-order valence-corrected chi connectivity index (χ3v) is 4.89. The fourth-order valence-corrected chi connectivity index (χ4v) is 3.52. The number of rotatable bonds is 4. The number of quaternary nitrogens is 1. The van der Waals surface area contributed by atoms with Gasteiger partial charge >= 0.3 is 0 Å². The van der Waals surface area contributed by atoms with Gasteiger partial charge in [0.25, 0.3) is 5.91 Å². The van der Waals surface area contributed by atoms with Gasteiger partial charge < -0.3 is 10.6 Å². The summed E-state index contributed by atoms with van der Waals surface area (Å²) in [4.78, 5) is 12.5. The van der Waals surface area contributed by atoms with Gasteiger partial charge in [-0.2, -0.15) is 0 Å². The van der Waals surface area contributed by atoms with Crippen molar-refractivity contribution in [3.05, 3.63) is 42.5 Å². The molecule has 0 radical (unpaired) electrons. The first-order valence-corrected chi connectivity index (χ1v) is 8.87. The van der Waals surface area contributed by atoms with Crippen molar-refractivity contribution in [3.63, 3.8) is 0 Å². The highest BCUT2D eigenvalue weighted by atomic mass is 16.2. The van der Waals surface area contributed by atoms with Gasteiger partial charge in [-0.25, -0.2) is 0 Å².